The second-order valence-corrected chi connectivity index (χ2v) is 8.93. The number of guanidine groups is 1. The molecule has 7 nitrogen and oxygen atoms in total. The Bertz CT molecular complexity index is 748. The summed E-state index contributed by atoms with van der Waals surface area (Å²) in [5.41, 5.74) is 4.18. The molecule has 0 aliphatic carbocycles. The van der Waals surface area contributed by atoms with Crippen molar-refractivity contribution >= 4 is 35.6 Å². The summed E-state index contributed by atoms with van der Waals surface area (Å²) >= 11 is 0. The molecule has 0 amide bonds. The third kappa shape index (κ3) is 6.27. The molecule has 0 aromatic heterocycles. The normalized spacial score (nSPS) is 25.0. The summed E-state index contributed by atoms with van der Waals surface area (Å²) in [7, 11) is 1.88. The monoisotopic (exact) mass is 557 g/mol. The molecule has 32 heavy (non-hydrogen) atoms. The van der Waals surface area contributed by atoms with E-state index in [0.717, 1.165) is 84.4 Å². The number of nitrogens with one attached hydrogen (secondary N) is 1. The van der Waals surface area contributed by atoms with Gasteiger partial charge in [0.2, 0.25) is 0 Å². The fraction of sp³-hybridized carbons (Fsp3) is 0.708. The molecule has 3 aliphatic rings. The van der Waals surface area contributed by atoms with Gasteiger partial charge in [0, 0.05) is 71.7 Å². The highest BCUT2D eigenvalue weighted by molar-refractivity contribution is 14.0. The van der Waals surface area contributed by atoms with Crippen LogP contribution in [0.1, 0.15) is 24.0 Å². The zero-order valence-electron chi connectivity index (χ0n) is 19.9. The number of hydrogen-bond acceptors (Lipinski definition) is 5. The van der Waals surface area contributed by atoms with Crippen molar-refractivity contribution in [3.63, 3.8) is 0 Å². The molecule has 0 radical (unpaired) electrons. The Balaban J connectivity index is 0.00000289. The number of aliphatic imine (C=N–C) groups is 1. The SMILES string of the molecule is CN=C(NCCN1CCN(c2cccc(C)c2C)CC1)N1CCOC(C2CCCO2)C1.I. The maximum atomic E-state index is 5.99. The summed E-state index contributed by atoms with van der Waals surface area (Å²) < 4.78 is 11.8. The Labute approximate surface area is 210 Å². The minimum Gasteiger partial charge on any atom is -0.375 e. The summed E-state index contributed by atoms with van der Waals surface area (Å²) in [4.78, 5) is 11.9. The maximum Gasteiger partial charge on any atom is 0.193 e. The van der Waals surface area contributed by atoms with Gasteiger partial charge in [-0.15, -0.1) is 24.0 Å². The molecule has 0 saturated carbocycles. The van der Waals surface area contributed by atoms with Crippen LogP contribution in [-0.2, 0) is 9.47 Å². The van der Waals surface area contributed by atoms with E-state index < -0.39 is 0 Å². The molecule has 3 saturated heterocycles. The summed E-state index contributed by atoms with van der Waals surface area (Å²) in [5.74, 6) is 0.986. The molecule has 8 heteroatoms. The Morgan fingerprint density at radius 3 is 2.56 bits per heavy atom. The molecule has 3 heterocycles. The topological polar surface area (TPSA) is 52.6 Å². The van der Waals surface area contributed by atoms with Gasteiger partial charge in [0.1, 0.15) is 6.10 Å². The smallest absolute Gasteiger partial charge is 0.193 e. The van der Waals surface area contributed by atoms with Crippen molar-refractivity contribution in [2.24, 2.45) is 4.99 Å². The Kier molecular flexibility index (Phi) is 9.88. The first-order chi connectivity index (χ1) is 15.2. The predicted molar refractivity (Wildman–Crippen MR) is 142 cm³/mol. The lowest BCUT2D eigenvalue weighted by molar-refractivity contribution is -0.0817. The zero-order valence-corrected chi connectivity index (χ0v) is 22.2. The van der Waals surface area contributed by atoms with Crippen molar-refractivity contribution in [3.05, 3.63) is 29.3 Å². The molecule has 180 valence electrons. The molecular weight excluding hydrogens is 517 g/mol. The number of rotatable bonds is 5. The molecule has 1 aromatic carbocycles. The van der Waals surface area contributed by atoms with E-state index in [-0.39, 0.29) is 36.2 Å². The van der Waals surface area contributed by atoms with Gasteiger partial charge in [0.05, 0.1) is 12.7 Å². The molecule has 2 unspecified atom stereocenters. The van der Waals surface area contributed by atoms with Crippen LogP contribution in [-0.4, -0.2) is 101 Å². The van der Waals surface area contributed by atoms with Crippen LogP contribution >= 0.6 is 24.0 Å². The minimum absolute atomic E-state index is 0. The van der Waals surface area contributed by atoms with Crippen molar-refractivity contribution in [2.75, 3.05) is 77.5 Å². The van der Waals surface area contributed by atoms with Gasteiger partial charge in [-0.1, -0.05) is 12.1 Å². The number of halogens is 1. The number of anilines is 1. The van der Waals surface area contributed by atoms with Crippen molar-refractivity contribution < 1.29 is 9.47 Å². The Morgan fingerprint density at radius 1 is 1.06 bits per heavy atom. The van der Waals surface area contributed by atoms with Crippen molar-refractivity contribution in [2.45, 2.75) is 38.9 Å². The molecular formula is C24H40IN5O2. The second-order valence-electron chi connectivity index (χ2n) is 8.93. The van der Waals surface area contributed by atoms with Gasteiger partial charge < -0.3 is 24.6 Å². The summed E-state index contributed by atoms with van der Waals surface area (Å²) in [6, 6.07) is 6.63. The third-order valence-corrected chi connectivity index (χ3v) is 6.98. The minimum atomic E-state index is 0. The fourth-order valence-electron chi connectivity index (χ4n) is 4.94. The van der Waals surface area contributed by atoms with Gasteiger partial charge in [-0.2, -0.15) is 0 Å². The van der Waals surface area contributed by atoms with Gasteiger partial charge in [-0.25, -0.2) is 0 Å². The van der Waals surface area contributed by atoms with Gasteiger partial charge in [-0.3, -0.25) is 9.89 Å². The third-order valence-electron chi connectivity index (χ3n) is 6.98. The van der Waals surface area contributed by atoms with Crippen LogP contribution in [0.2, 0.25) is 0 Å². The van der Waals surface area contributed by atoms with Gasteiger partial charge in [0.15, 0.2) is 5.96 Å². The summed E-state index contributed by atoms with van der Waals surface area (Å²) in [5, 5.41) is 3.58. The molecule has 1 aromatic rings. The lowest BCUT2D eigenvalue weighted by Crippen LogP contribution is -2.54. The van der Waals surface area contributed by atoms with Crippen LogP contribution in [0.5, 0.6) is 0 Å². The average Bonchev–Trinajstić information content (AvgIpc) is 3.34. The zero-order chi connectivity index (χ0) is 21.6. The first kappa shape index (κ1) is 25.5. The van der Waals surface area contributed by atoms with E-state index >= 15 is 0 Å². The highest BCUT2D eigenvalue weighted by Gasteiger charge is 2.32. The Morgan fingerprint density at radius 2 is 1.84 bits per heavy atom. The molecule has 4 rings (SSSR count). The fourth-order valence-corrected chi connectivity index (χ4v) is 4.94. The van der Waals surface area contributed by atoms with Crippen LogP contribution in [0, 0.1) is 13.8 Å². The average molecular weight is 558 g/mol. The second kappa shape index (κ2) is 12.4. The van der Waals surface area contributed by atoms with E-state index in [9.17, 15) is 0 Å². The van der Waals surface area contributed by atoms with Crippen LogP contribution in [0.15, 0.2) is 23.2 Å². The predicted octanol–water partition coefficient (Wildman–Crippen LogP) is 2.50. The van der Waals surface area contributed by atoms with Crippen LogP contribution in [0.3, 0.4) is 0 Å². The molecule has 3 fully saturated rings. The molecule has 0 bridgehead atoms. The van der Waals surface area contributed by atoms with E-state index in [2.05, 4.69) is 57.1 Å². The van der Waals surface area contributed by atoms with Gasteiger partial charge in [0.25, 0.3) is 0 Å². The largest absolute Gasteiger partial charge is 0.375 e. The molecule has 0 spiro atoms. The number of morpholine rings is 1. The lowest BCUT2D eigenvalue weighted by atomic mass is 10.1. The highest BCUT2D eigenvalue weighted by atomic mass is 127. The number of aryl methyl sites for hydroxylation is 1. The van der Waals surface area contributed by atoms with E-state index in [1.165, 1.54) is 16.8 Å². The van der Waals surface area contributed by atoms with Crippen molar-refractivity contribution in [3.8, 4) is 0 Å². The van der Waals surface area contributed by atoms with Gasteiger partial charge in [-0.05, 0) is 43.9 Å². The van der Waals surface area contributed by atoms with Crippen LogP contribution < -0.4 is 10.2 Å². The van der Waals surface area contributed by atoms with Crippen LogP contribution in [0.4, 0.5) is 5.69 Å². The van der Waals surface area contributed by atoms with E-state index in [4.69, 9.17) is 9.47 Å². The lowest BCUT2D eigenvalue weighted by Gasteiger charge is -2.38. The molecule has 1 N–H and O–H groups in total. The standard InChI is InChI=1S/C24H39N5O2.HI/c1-19-6-4-7-21(20(19)2)28-13-11-27(12-14-28)10-9-26-24(25-3)29-15-17-31-23(18-29)22-8-5-16-30-22;/h4,6-7,22-23H,5,8-18H2,1-3H3,(H,25,26);1H. The number of nitrogens with zero attached hydrogens (tertiary/aromatic N) is 4. The van der Waals surface area contributed by atoms with E-state index in [1.807, 2.05) is 7.05 Å². The first-order valence-electron chi connectivity index (χ1n) is 11.9. The summed E-state index contributed by atoms with van der Waals surface area (Å²) in [6.45, 7) is 14.1. The quantitative estimate of drug-likeness (QED) is 0.341. The number of ether oxygens (including phenoxy) is 2. The first-order valence-corrected chi connectivity index (χ1v) is 11.9. The number of hydrogen-bond donors (Lipinski definition) is 1. The number of piperazine rings is 1. The summed E-state index contributed by atoms with van der Waals surface area (Å²) in [6.07, 6.45) is 2.66. The van der Waals surface area contributed by atoms with E-state index in [1.54, 1.807) is 0 Å². The van der Waals surface area contributed by atoms with Gasteiger partial charge >= 0.3 is 0 Å². The maximum absolute atomic E-state index is 5.99. The molecule has 3 aliphatic heterocycles. The number of benzene rings is 1. The van der Waals surface area contributed by atoms with Crippen LogP contribution in [0.25, 0.3) is 0 Å². The van der Waals surface area contributed by atoms with E-state index in [0.29, 0.717) is 0 Å². The van der Waals surface area contributed by atoms with Crippen molar-refractivity contribution in [1.82, 2.24) is 15.1 Å². The highest BCUT2D eigenvalue weighted by Crippen LogP contribution is 2.24. The molecule has 2 atom stereocenters. The Hall–Kier alpha value is -1.10. The van der Waals surface area contributed by atoms with Crippen molar-refractivity contribution in [1.29, 1.82) is 0 Å².